The highest BCUT2D eigenvalue weighted by molar-refractivity contribution is 7.80. The number of benzene rings is 2. The number of nitrogens with zero attached hydrogens (tertiary/aromatic N) is 1. The predicted molar refractivity (Wildman–Crippen MR) is 103 cm³/mol. The summed E-state index contributed by atoms with van der Waals surface area (Å²) in [4.78, 5) is 22.3. The molecule has 2 rings (SSSR count). The fourth-order valence-corrected chi connectivity index (χ4v) is 2.42. The molecule has 2 aromatic rings. The van der Waals surface area contributed by atoms with Gasteiger partial charge in [-0.15, -0.1) is 0 Å². The SMILES string of the molecule is O=C(/C=C/c1ccccc1Cl)NC(=S)Nc1ccc(Cl)cc1[N+](=O)[O-]. The van der Waals surface area contributed by atoms with Crippen LogP contribution in [0.3, 0.4) is 0 Å². The second kappa shape index (κ2) is 8.57. The van der Waals surface area contributed by atoms with E-state index >= 15 is 0 Å². The van der Waals surface area contributed by atoms with E-state index in [-0.39, 0.29) is 21.5 Å². The molecule has 0 aliphatic heterocycles. The molecule has 6 nitrogen and oxygen atoms in total. The largest absolute Gasteiger partial charge is 0.327 e. The Morgan fingerprint density at radius 3 is 2.60 bits per heavy atom. The van der Waals surface area contributed by atoms with E-state index in [2.05, 4.69) is 10.6 Å². The molecule has 0 bridgehead atoms. The molecule has 0 heterocycles. The molecule has 0 saturated heterocycles. The lowest BCUT2D eigenvalue weighted by atomic mass is 10.2. The number of anilines is 1. The molecule has 2 aromatic carbocycles. The monoisotopic (exact) mass is 395 g/mol. The third kappa shape index (κ3) is 5.53. The molecule has 0 unspecified atom stereocenters. The first kappa shape index (κ1) is 18.9. The van der Waals surface area contributed by atoms with E-state index in [0.717, 1.165) is 0 Å². The normalized spacial score (nSPS) is 10.5. The smallest absolute Gasteiger partial charge is 0.294 e. The Kier molecular flexibility index (Phi) is 6.46. The summed E-state index contributed by atoms with van der Waals surface area (Å²) in [6, 6.07) is 11.1. The quantitative estimate of drug-likeness (QED) is 0.346. The van der Waals surface area contributed by atoms with Gasteiger partial charge in [0.05, 0.1) is 4.92 Å². The average molecular weight is 396 g/mol. The predicted octanol–water partition coefficient (Wildman–Crippen LogP) is 4.43. The van der Waals surface area contributed by atoms with E-state index in [1.54, 1.807) is 24.3 Å². The van der Waals surface area contributed by atoms with Gasteiger partial charge >= 0.3 is 0 Å². The highest BCUT2D eigenvalue weighted by atomic mass is 35.5. The van der Waals surface area contributed by atoms with Crippen molar-refractivity contribution in [3.63, 3.8) is 0 Å². The second-order valence-corrected chi connectivity index (χ2v) is 5.97. The maximum Gasteiger partial charge on any atom is 0.294 e. The standard InChI is InChI=1S/C16H11Cl2N3O3S/c17-11-6-7-13(14(9-11)21(23)24)19-16(25)20-15(22)8-5-10-3-1-2-4-12(10)18/h1-9H,(H2,19,20,22,25)/b8-5+. The van der Waals surface area contributed by atoms with Gasteiger partial charge in [0.2, 0.25) is 5.91 Å². The Bertz CT molecular complexity index is 871. The van der Waals surface area contributed by atoms with Crippen LogP contribution < -0.4 is 10.6 Å². The second-order valence-electron chi connectivity index (χ2n) is 4.72. The van der Waals surface area contributed by atoms with Crippen molar-refractivity contribution in [2.45, 2.75) is 0 Å². The molecule has 0 atom stereocenters. The van der Waals surface area contributed by atoms with Gasteiger partial charge in [-0.1, -0.05) is 41.4 Å². The number of halogens is 2. The lowest BCUT2D eigenvalue weighted by Gasteiger charge is -2.08. The first-order valence-electron chi connectivity index (χ1n) is 6.85. The van der Waals surface area contributed by atoms with Gasteiger partial charge in [-0.3, -0.25) is 20.2 Å². The average Bonchev–Trinajstić information content (AvgIpc) is 2.55. The zero-order chi connectivity index (χ0) is 18.4. The first-order valence-corrected chi connectivity index (χ1v) is 8.02. The Hall–Kier alpha value is -2.48. The first-order chi connectivity index (χ1) is 11.9. The van der Waals surface area contributed by atoms with Gasteiger partial charge < -0.3 is 5.32 Å². The molecule has 9 heteroatoms. The molecule has 25 heavy (non-hydrogen) atoms. The molecule has 0 spiro atoms. The molecule has 0 fully saturated rings. The van der Waals surface area contributed by atoms with Crippen molar-refractivity contribution in [1.29, 1.82) is 0 Å². The van der Waals surface area contributed by atoms with Crippen LogP contribution in [-0.2, 0) is 4.79 Å². The molecular formula is C16H11Cl2N3O3S. The lowest BCUT2D eigenvalue weighted by Crippen LogP contribution is -2.33. The van der Waals surface area contributed by atoms with E-state index < -0.39 is 10.8 Å². The van der Waals surface area contributed by atoms with E-state index in [1.165, 1.54) is 30.4 Å². The van der Waals surface area contributed by atoms with Crippen LogP contribution in [0.15, 0.2) is 48.5 Å². The minimum Gasteiger partial charge on any atom is -0.327 e. The number of thiocarbonyl (C=S) groups is 1. The van der Waals surface area contributed by atoms with E-state index in [1.807, 2.05) is 0 Å². The Morgan fingerprint density at radius 2 is 1.92 bits per heavy atom. The number of hydrogen-bond donors (Lipinski definition) is 2. The number of carbonyl (C=O) groups is 1. The number of nitro groups is 1. The van der Waals surface area contributed by atoms with Crippen LogP contribution in [0.2, 0.25) is 10.0 Å². The maximum atomic E-state index is 11.9. The number of nitro benzene ring substituents is 1. The van der Waals surface area contributed by atoms with E-state index in [0.29, 0.717) is 10.6 Å². The molecule has 2 N–H and O–H groups in total. The maximum absolute atomic E-state index is 11.9. The minimum absolute atomic E-state index is 0.0840. The zero-order valence-electron chi connectivity index (χ0n) is 12.5. The molecule has 0 aromatic heterocycles. The van der Waals surface area contributed by atoms with Gasteiger partial charge in [-0.25, -0.2) is 0 Å². The summed E-state index contributed by atoms with van der Waals surface area (Å²) < 4.78 is 0. The molecular weight excluding hydrogens is 385 g/mol. The molecule has 0 radical (unpaired) electrons. The van der Waals surface area contributed by atoms with Crippen LogP contribution in [0.5, 0.6) is 0 Å². The van der Waals surface area contributed by atoms with Gasteiger partial charge in [0.25, 0.3) is 5.69 Å². The number of rotatable bonds is 4. The van der Waals surface area contributed by atoms with E-state index in [4.69, 9.17) is 35.4 Å². The molecule has 0 aliphatic rings. The summed E-state index contributed by atoms with van der Waals surface area (Å²) in [5, 5.41) is 16.7. The van der Waals surface area contributed by atoms with Crippen molar-refractivity contribution >= 4 is 63.9 Å². The van der Waals surface area contributed by atoms with Gasteiger partial charge in [-0.05, 0) is 42.1 Å². The van der Waals surface area contributed by atoms with Gasteiger partial charge in [0, 0.05) is 22.2 Å². The van der Waals surface area contributed by atoms with Gasteiger partial charge in [-0.2, -0.15) is 0 Å². The molecule has 128 valence electrons. The van der Waals surface area contributed by atoms with Gasteiger partial charge in [0.1, 0.15) is 5.69 Å². The van der Waals surface area contributed by atoms with Crippen LogP contribution in [0.4, 0.5) is 11.4 Å². The highest BCUT2D eigenvalue weighted by Crippen LogP contribution is 2.27. The summed E-state index contributed by atoms with van der Waals surface area (Å²) in [5.41, 5.74) is 0.539. The van der Waals surface area contributed by atoms with Crippen molar-refractivity contribution in [1.82, 2.24) is 5.32 Å². The Morgan fingerprint density at radius 1 is 1.20 bits per heavy atom. The third-order valence-electron chi connectivity index (χ3n) is 2.96. The van der Waals surface area contributed by atoms with Crippen LogP contribution in [-0.4, -0.2) is 15.9 Å². The van der Waals surface area contributed by atoms with Crippen molar-refractivity contribution < 1.29 is 9.72 Å². The number of carbonyl (C=O) groups excluding carboxylic acids is 1. The minimum atomic E-state index is -0.601. The Balaban J connectivity index is 2.02. The van der Waals surface area contributed by atoms with Gasteiger partial charge in [0.15, 0.2) is 5.11 Å². The lowest BCUT2D eigenvalue weighted by molar-refractivity contribution is -0.383. The summed E-state index contributed by atoms with van der Waals surface area (Å²) in [5.74, 6) is -0.506. The fraction of sp³-hybridized carbons (Fsp3) is 0. The van der Waals surface area contributed by atoms with E-state index in [9.17, 15) is 14.9 Å². The summed E-state index contributed by atoms with van der Waals surface area (Å²) in [7, 11) is 0. The van der Waals surface area contributed by atoms with Crippen LogP contribution in [0.25, 0.3) is 6.08 Å². The summed E-state index contributed by atoms with van der Waals surface area (Å²) in [6.07, 6.45) is 2.79. The summed E-state index contributed by atoms with van der Waals surface area (Å²) >= 11 is 16.7. The van der Waals surface area contributed by atoms with Crippen molar-refractivity contribution in [3.05, 3.63) is 74.3 Å². The number of hydrogen-bond acceptors (Lipinski definition) is 4. The molecule has 0 saturated carbocycles. The van der Waals surface area contributed by atoms with Crippen molar-refractivity contribution in [2.24, 2.45) is 0 Å². The van der Waals surface area contributed by atoms with Crippen molar-refractivity contribution in [2.75, 3.05) is 5.32 Å². The number of amides is 1. The van der Waals surface area contributed by atoms with Crippen LogP contribution >= 0.6 is 35.4 Å². The molecule has 0 aliphatic carbocycles. The van der Waals surface area contributed by atoms with Crippen molar-refractivity contribution in [3.8, 4) is 0 Å². The van der Waals surface area contributed by atoms with Crippen LogP contribution in [0, 0.1) is 10.1 Å². The number of nitrogens with one attached hydrogen (secondary N) is 2. The topological polar surface area (TPSA) is 84.3 Å². The third-order valence-corrected chi connectivity index (χ3v) is 3.74. The zero-order valence-corrected chi connectivity index (χ0v) is 14.9. The van der Waals surface area contributed by atoms with Crippen LogP contribution in [0.1, 0.15) is 5.56 Å². The summed E-state index contributed by atoms with van der Waals surface area (Å²) in [6.45, 7) is 0. The fourth-order valence-electron chi connectivity index (χ4n) is 1.84. The highest BCUT2D eigenvalue weighted by Gasteiger charge is 2.15. The molecule has 1 amide bonds. The Labute approximate surface area is 158 Å².